The van der Waals surface area contributed by atoms with Gasteiger partial charge in [-0.05, 0) is 38.5 Å². The van der Waals surface area contributed by atoms with E-state index in [2.05, 4.69) is 19.1 Å². The van der Waals surface area contributed by atoms with Crippen molar-refractivity contribution in [2.45, 2.75) is 77.2 Å². The lowest BCUT2D eigenvalue weighted by Crippen LogP contribution is -2.30. The molecule has 0 unspecified atom stereocenters. The average molecular weight is 252 g/mol. The molecule has 2 heteroatoms. The van der Waals surface area contributed by atoms with Crippen molar-refractivity contribution in [3.63, 3.8) is 0 Å². The first-order chi connectivity index (χ1) is 8.75. The van der Waals surface area contributed by atoms with Crippen molar-refractivity contribution in [2.75, 3.05) is 0 Å². The molecule has 0 amide bonds. The largest absolute Gasteiger partial charge is 0.392 e. The van der Waals surface area contributed by atoms with Gasteiger partial charge < -0.3 is 5.11 Å². The Morgan fingerprint density at radius 3 is 2.78 bits per heavy atom. The van der Waals surface area contributed by atoms with E-state index < -0.39 is 6.10 Å². The van der Waals surface area contributed by atoms with Gasteiger partial charge in [0.15, 0.2) is 0 Å². The summed E-state index contributed by atoms with van der Waals surface area (Å²) in [5, 5.41) is 10.0. The summed E-state index contributed by atoms with van der Waals surface area (Å²) in [5.74, 6) is 0.202. The molecule has 2 atom stereocenters. The van der Waals surface area contributed by atoms with Crippen LogP contribution in [0.25, 0.3) is 0 Å². The summed E-state index contributed by atoms with van der Waals surface area (Å²) in [4.78, 5) is 11.7. The van der Waals surface area contributed by atoms with Gasteiger partial charge >= 0.3 is 0 Å². The third kappa shape index (κ3) is 5.81. The quantitative estimate of drug-likeness (QED) is 0.523. The van der Waals surface area contributed by atoms with Crippen LogP contribution in [-0.4, -0.2) is 17.0 Å². The highest BCUT2D eigenvalue weighted by Gasteiger charge is 2.28. The molecule has 0 spiro atoms. The normalized spacial score (nSPS) is 22.6. The minimum Gasteiger partial charge on any atom is -0.392 e. The van der Waals surface area contributed by atoms with Crippen molar-refractivity contribution in [3.8, 4) is 0 Å². The predicted molar refractivity (Wildman–Crippen MR) is 75.5 cm³/mol. The van der Waals surface area contributed by atoms with E-state index in [9.17, 15) is 9.90 Å². The van der Waals surface area contributed by atoms with E-state index in [0.717, 1.165) is 38.5 Å². The molecule has 1 N–H and O–H groups in total. The Hall–Kier alpha value is -0.630. The van der Waals surface area contributed by atoms with Crippen molar-refractivity contribution in [2.24, 2.45) is 5.92 Å². The maximum absolute atomic E-state index is 11.7. The Balaban J connectivity index is 2.12. The van der Waals surface area contributed by atoms with Crippen LogP contribution >= 0.6 is 0 Å². The van der Waals surface area contributed by atoms with E-state index in [1.165, 1.54) is 19.3 Å². The molecule has 1 saturated carbocycles. The molecule has 0 aromatic heterocycles. The zero-order valence-electron chi connectivity index (χ0n) is 11.7. The standard InChI is InChI=1S/C16H28O2/c1-2-3-4-5-6-7-8-12-15(17)14-11-9-10-13-16(14)18/h6-7,14-15,17H,2-5,8-13H2,1H3/b7-6-/t14-,15-/m1/s1. The van der Waals surface area contributed by atoms with Crippen molar-refractivity contribution < 1.29 is 9.90 Å². The molecule has 0 bridgehead atoms. The van der Waals surface area contributed by atoms with Gasteiger partial charge in [-0.15, -0.1) is 0 Å². The molecule has 1 fully saturated rings. The van der Waals surface area contributed by atoms with E-state index in [1.54, 1.807) is 0 Å². The molecule has 2 nitrogen and oxygen atoms in total. The third-order valence-corrected chi connectivity index (χ3v) is 3.84. The molecule has 0 aromatic rings. The number of unbranched alkanes of at least 4 members (excludes halogenated alkanes) is 3. The van der Waals surface area contributed by atoms with E-state index in [1.807, 2.05) is 0 Å². The lowest BCUT2D eigenvalue weighted by atomic mass is 9.82. The topological polar surface area (TPSA) is 37.3 Å². The Bertz CT molecular complexity index is 258. The van der Waals surface area contributed by atoms with Crippen LogP contribution in [0, 0.1) is 5.92 Å². The lowest BCUT2D eigenvalue weighted by Gasteiger charge is -2.24. The fourth-order valence-electron chi connectivity index (χ4n) is 2.63. The Morgan fingerprint density at radius 2 is 2.06 bits per heavy atom. The van der Waals surface area contributed by atoms with Crippen LogP contribution < -0.4 is 0 Å². The van der Waals surface area contributed by atoms with Gasteiger partial charge in [-0.1, -0.05) is 38.3 Å². The van der Waals surface area contributed by atoms with Crippen LogP contribution in [0.1, 0.15) is 71.1 Å². The first kappa shape index (κ1) is 15.4. The number of aliphatic hydroxyl groups is 1. The highest BCUT2D eigenvalue weighted by atomic mass is 16.3. The lowest BCUT2D eigenvalue weighted by molar-refractivity contribution is -0.128. The van der Waals surface area contributed by atoms with Crippen molar-refractivity contribution in [1.82, 2.24) is 0 Å². The third-order valence-electron chi connectivity index (χ3n) is 3.84. The zero-order valence-corrected chi connectivity index (χ0v) is 11.7. The second kappa shape index (κ2) is 9.32. The first-order valence-electron chi connectivity index (χ1n) is 7.61. The number of hydrogen-bond donors (Lipinski definition) is 1. The van der Waals surface area contributed by atoms with Crippen molar-refractivity contribution in [1.29, 1.82) is 0 Å². The molecule has 0 aliphatic heterocycles. The van der Waals surface area contributed by atoms with Crippen LogP contribution in [0.15, 0.2) is 12.2 Å². The van der Waals surface area contributed by atoms with Crippen LogP contribution in [-0.2, 0) is 4.79 Å². The second-order valence-corrected chi connectivity index (χ2v) is 5.43. The number of aliphatic hydroxyl groups excluding tert-OH is 1. The van der Waals surface area contributed by atoms with E-state index in [0.29, 0.717) is 6.42 Å². The molecule has 0 radical (unpaired) electrons. The van der Waals surface area contributed by atoms with Gasteiger partial charge in [0.2, 0.25) is 0 Å². The highest BCUT2D eigenvalue weighted by molar-refractivity contribution is 5.82. The summed E-state index contributed by atoms with van der Waals surface area (Å²) in [6, 6.07) is 0. The summed E-state index contributed by atoms with van der Waals surface area (Å²) in [6.07, 6.45) is 14.2. The number of carbonyl (C=O) groups is 1. The maximum atomic E-state index is 11.7. The molecule has 0 saturated heterocycles. The maximum Gasteiger partial charge on any atom is 0.138 e. The molecule has 1 aliphatic carbocycles. The predicted octanol–water partition coefficient (Wildman–Crippen LogP) is 4.02. The summed E-state index contributed by atoms with van der Waals surface area (Å²) >= 11 is 0. The van der Waals surface area contributed by atoms with Crippen molar-refractivity contribution >= 4 is 5.78 Å². The Kier molecular flexibility index (Phi) is 7.99. The number of allylic oxidation sites excluding steroid dienone is 2. The number of rotatable bonds is 8. The Labute approximate surface area is 111 Å². The molecule has 1 aliphatic rings. The monoisotopic (exact) mass is 252 g/mol. The Morgan fingerprint density at radius 1 is 1.28 bits per heavy atom. The average Bonchev–Trinajstić information content (AvgIpc) is 2.38. The fourth-order valence-corrected chi connectivity index (χ4v) is 2.63. The number of Topliss-reactive ketones (excluding diaryl/α,β-unsaturated/α-hetero) is 1. The van der Waals surface area contributed by atoms with Gasteiger partial charge in [-0.3, -0.25) is 4.79 Å². The minimum atomic E-state index is -0.418. The molecule has 104 valence electrons. The fraction of sp³-hybridized carbons (Fsp3) is 0.812. The van der Waals surface area contributed by atoms with Crippen LogP contribution in [0.2, 0.25) is 0 Å². The van der Waals surface area contributed by atoms with Gasteiger partial charge in [-0.25, -0.2) is 0 Å². The van der Waals surface area contributed by atoms with Gasteiger partial charge in [0.05, 0.1) is 6.10 Å². The summed E-state index contributed by atoms with van der Waals surface area (Å²) in [7, 11) is 0. The van der Waals surface area contributed by atoms with Crippen molar-refractivity contribution in [3.05, 3.63) is 12.2 Å². The molecule has 0 heterocycles. The van der Waals surface area contributed by atoms with Crippen LogP contribution in [0.4, 0.5) is 0 Å². The molecular formula is C16H28O2. The van der Waals surface area contributed by atoms with Gasteiger partial charge in [0, 0.05) is 12.3 Å². The van der Waals surface area contributed by atoms with Gasteiger partial charge in [0.1, 0.15) is 5.78 Å². The number of carbonyl (C=O) groups excluding carboxylic acids is 1. The van der Waals surface area contributed by atoms with Crippen LogP contribution in [0.5, 0.6) is 0 Å². The van der Waals surface area contributed by atoms with Crippen LogP contribution in [0.3, 0.4) is 0 Å². The molecule has 18 heavy (non-hydrogen) atoms. The zero-order chi connectivity index (χ0) is 13.2. The van der Waals surface area contributed by atoms with E-state index in [4.69, 9.17) is 0 Å². The SMILES string of the molecule is CCCCC/C=C\CC[C@@H](O)[C@H]1CCCCC1=O. The summed E-state index contributed by atoms with van der Waals surface area (Å²) in [6.45, 7) is 2.21. The molecule has 1 rings (SSSR count). The van der Waals surface area contributed by atoms with E-state index >= 15 is 0 Å². The molecule has 0 aromatic carbocycles. The number of hydrogen-bond acceptors (Lipinski definition) is 2. The van der Waals surface area contributed by atoms with Gasteiger partial charge in [0.25, 0.3) is 0 Å². The first-order valence-corrected chi connectivity index (χ1v) is 7.61. The summed E-state index contributed by atoms with van der Waals surface area (Å²) in [5.41, 5.74) is 0. The van der Waals surface area contributed by atoms with Gasteiger partial charge in [-0.2, -0.15) is 0 Å². The second-order valence-electron chi connectivity index (χ2n) is 5.43. The minimum absolute atomic E-state index is 0.0766. The highest BCUT2D eigenvalue weighted by Crippen LogP contribution is 2.25. The number of ketones is 1. The summed E-state index contributed by atoms with van der Waals surface area (Å²) < 4.78 is 0. The van der Waals surface area contributed by atoms with E-state index in [-0.39, 0.29) is 11.7 Å². The smallest absolute Gasteiger partial charge is 0.138 e. The molecular weight excluding hydrogens is 224 g/mol.